The van der Waals surface area contributed by atoms with Crippen LogP contribution in [0.5, 0.6) is 0 Å². The molecule has 2 saturated heterocycles. The van der Waals surface area contributed by atoms with Gasteiger partial charge in [-0.2, -0.15) is 0 Å². The van der Waals surface area contributed by atoms with Crippen molar-refractivity contribution in [3.05, 3.63) is 0 Å². The van der Waals surface area contributed by atoms with Gasteiger partial charge in [-0.1, -0.05) is 13.8 Å². The molecule has 2 aliphatic rings. The average Bonchev–Trinajstić information content (AvgIpc) is 2.49. The van der Waals surface area contributed by atoms with Crippen LogP contribution in [0.15, 0.2) is 0 Å². The van der Waals surface area contributed by atoms with E-state index in [2.05, 4.69) is 24.1 Å². The van der Waals surface area contributed by atoms with Crippen molar-refractivity contribution in [3.8, 4) is 0 Å². The molecule has 0 radical (unpaired) electrons. The molecule has 118 valence electrons. The van der Waals surface area contributed by atoms with Crippen molar-refractivity contribution in [1.82, 2.24) is 10.2 Å². The Morgan fingerprint density at radius 1 is 1.25 bits per heavy atom. The van der Waals surface area contributed by atoms with Crippen LogP contribution in [0.1, 0.15) is 39.5 Å². The molecule has 2 atom stereocenters. The highest BCUT2D eigenvalue weighted by atomic mass is 16.5. The largest absolute Gasteiger partial charge is 0.381 e. The normalized spacial score (nSPS) is 32.4. The highest BCUT2D eigenvalue weighted by Gasteiger charge is 2.36. The standard InChI is InChI=1S/C16H32N2O2/c1-3-7-17-12-16(6-5-9-20-14-16)13-18-8-10-19-11-15(18)4-2/h15,17H,3-14H2,1-2H3. The minimum absolute atomic E-state index is 0.304. The molecule has 2 rings (SSSR count). The van der Waals surface area contributed by atoms with Crippen molar-refractivity contribution in [3.63, 3.8) is 0 Å². The van der Waals surface area contributed by atoms with Gasteiger partial charge in [-0.15, -0.1) is 0 Å². The lowest BCUT2D eigenvalue weighted by atomic mass is 9.81. The third-order valence-electron chi connectivity index (χ3n) is 4.69. The summed E-state index contributed by atoms with van der Waals surface area (Å²) in [5.74, 6) is 0. The maximum absolute atomic E-state index is 5.83. The van der Waals surface area contributed by atoms with Gasteiger partial charge < -0.3 is 14.8 Å². The first kappa shape index (κ1) is 16.2. The summed E-state index contributed by atoms with van der Waals surface area (Å²) in [7, 11) is 0. The van der Waals surface area contributed by atoms with Crippen molar-refractivity contribution in [2.24, 2.45) is 5.41 Å². The fourth-order valence-electron chi connectivity index (χ4n) is 3.46. The number of nitrogens with zero attached hydrogens (tertiary/aromatic N) is 1. The van der Waals surface area contributed by atoms with E-state index in [1.54, 1.807) is 0 Å². The van der Waals surface area contributed by atoms with Crippen LogP contribution >= 0.6 is 0 Å². The zero-order valence-electron chi connectivity index (χ0n) is 13.3. The maximum Gasteiger partial charge on any atom is 0.0622 e. The fraction of sp³-hybridized carbons (Fsp3) is 1.00. The Balaban J connectivity index is 1.94. The first-order valence-corrected chi connectivity index (χ1v) is 8.40. The van der Waals surface area contributed by atoms with E-state index in [1.807, 2.05) is 0 Å². The summed E-state index contributed by atoms with van der Waals surface area (Å²) in [6.45, 7) is 12.6. The summed E-state index contributed by atoms with van der Waals surface area (Å²) in [5, 5.41) is 3.63. The van der Waals surface area contributed by atoms with Gasteiger partial charge in [0.2, 0.25) is 0 Å². The number of hydrogen-bond donors (Lipinski definition) is 1. The maximum atomic E-state index is 5.83. The Hall–Kier alpha value is -0.160. The van der Waals surface area contributed by atoms with Gasteiger partial charge in [-0.25, -0.2) is 0 Å². The van der Waals surface area contributed by atoms with Crippen molar-refractivity contribution in [2.45, 2.75) is 45.6 Å². The minimum Gasteiger partial charge on any atom is -0.381 e. The molecule has 0 saturated carbocycles. The first-order chi connectivity index (χ1) is 9.79. The molecule has 0 aromatic heterocycles. The van der Waals surface area contributed by atoms with Gasteiger partial charge >= 0.3 is 0 Å². The smallest absolute Gasteiger partial charge is 0.0622 e. The lowest BCUT2D eigenvalue weighted by molar-refractivity contribution is -0.0662. The Morgan fingerprint density at radius 2 is 2.15 bits per heavy atom. The number of nitrogens with one attached hydrogen (secondary N) is 1. The van der Waals surface area contributed by atoms with Crippen LogP contribution in [0.2, 0.25) is 0 Å². The van der Waals surface area contributed by atoms with E-state index in [1.165, 1.54) is 25.7 Å². The second-order valence-electron chi connectivity index (χ2n) is 6.44. The third kappa shape index (κ3) is 4.42. The van der Waals surface area contributed by atoms with E-state index in [-0.39, 0.29) is 0 Å². The molecule has 0 amide bonds. The molecule has 2 aliphatic heterocycles. The SMILES string of the molecule is CCCNCC1(CN2CCOCC2CC)CCCOC1. The van der Waals surface area contributed by atoms with Gasteiger partial charge in [0.25, 0.3) is 0 Å². The second-order valence-corrected chi connectivity index (χ2v) is 6.44. The van der Waals surface area contributed by atoms with Crippen LogP contribution in [0.25, 0.3) is 0 Å². The fourth-order valence-corrected chi connectivity index (χ4v) is 3.46. The minimum atomic E-state index is 0.304. The van der Waals surface area contributed by atoms with Crippen molar-refractivity contribution in [2.75, 3.05) is 52.6 Å². The van der Waals surface area contributed by atoms with Crippen LogP contribution < -0.4 is 5.32 Å². The molecular weight excluding hydrogens is 252 g/mol. The molecular formula is C16H32N2O2. The molecule has 4 nitrogen and oxygen atoms in total. The van der Waals surface area contributed by atoms with Gasteiger partial charge in [0.15, 0.2) is 0 Å². The number of morpholine rings is 1. The quantitative estimate of drug-likeness (QED) is 0.724. The Labute approximate surface area is 124 Å². The zero-order chi connectivity index (χ0) is 14.3. The molecule has 2 unspecified atom stereocenters. The summed E-state index contributed by atoms with van der Waals surface area (Å²) in [5.41, 5.74) is 0.304. The molecule has 0 bridgehead atoms. The van der Waals surface area contributed by atoms with E-state index in [0.29, 0.717) is 11.5 Å². The van der Waals surface area contributed by atoms with E-state index >= 15 is 0 Å². The number of rotatable bonds is 7. The lowest BCUT2D eigenvalue weighted by Gasteiger charge is -2.45. The van der Waals surface area contributed by atoms with Crippen LogP contribution in [0, 0.1) is 5.41 Å². The predicted molar refractivity (Wildman–Crippen MR) is 82.1 cm³/mol. The Bertz CT molecular complexity index is 267. The number of ether oxygens (including phenoxy) is 2. The monoisotopic (exact) mass is 284 g/mol. The molecule has 20 heavy (non-hydrogen) atoms. The van der Waals surface area contributed by atoms with Crippen LogP contribution in [-0.2, 0) is 9.47 Å². The summed E-state index contributed by atoms with van der Waals surface area (Å²) in [6, 6.07) is 0.591. The van der Waals surface area contributed by atoms with Crippen LogP contribution in [0.4, 0.5) is 0 Å². The van der Waals surface area contributed by atoms with Crippen molar-refractivity contribution >= 4 is 0 Å². The topological polar surface area (TPSA) is 33.7 Å². The van der Waals surface area contributed by atoms with Gasteiger partial charge in [-0.3, -0.25) is 4.90 Å². The van der Waals surface area contributed by atoms with Crippen LogP contribution in [0.3, 0.4) is 0 Å². The zero-order valence-corrected chi connectivity index (χ0v) is 13.3. The van der Waals surface area contributed by atoms with E-state index in [9.17, 15) is 0 Å². The Kier molecular flexibility index (Phi) is 6.75. The second kappa shape index (κ2) is 8.32. The first-order valence-electron chi connectivity index (χ1n) is 8.40. The third-order valence-corrected chi connectivity index (χ3v) is 4.69. The van der Waals surface area contributed by atoms with E-state index in [4.69, 9.17) is 9.47 Å². The molecule has 0 aromatic carbocycles. The highest BCUT2D eigenvalue weighted by molar-refractivity contribution is 4.89. The summed E-state index contributed by atoms with van der Waals surface area (Å²) >= 11 is 0. The summed E-state index contributed by atoms with van der Waals surface area (Å²) < 4.78 is 11.5. The van der Waals surface area contributed by atoms with Crippen molar-refractivity contribution < 1.29 is 9.47 Å². The summed E-state index contributed by atoms with van der Waals surface area (Å²) in [4.78, 5) is 2.64. The molecule has 4 heteroatoms. The summed E-state index contributed by atoms with van der Waals surface area (Å²) in [6.07, 6.45) is 4.87. The highest BCUT2D eigenvalue weighted by Crippen LogP contribution is 2.30. The number of hydrogen-bond acceptors (Lipinski definition) is 4. The Morgan fingerprint density at radius 3 is 2.85 bits per heavy atom. The van der Waals surface area contributed by atoms with Gasteiger partial charge in [0.05, 0.1) is 19.8 Å². The molecule has 1 N–H and O–H groups in total. The molecule has 2 heterocycles. The van der Waals surface area contributed by atoms with Crippen LogP contribution in [-0.4, -0.2) is 63.5 Å². The molecule has 2 fully saturated rings. The molecule has 0 spiro atoms. The van der Waals surface area contributed by atoms with E-state index in [0.717, 1.165) is 52.6 Å². The predicted octanol–water partition coefficient (Wildman–Crippen LogP) is 1.89. The van der Waals surface area contributed by atoms with E-state index < -0.39 is 0 Å². The average molecular weight is 284 g/mol. The van der Waals surface area contributed by atoms with Gasteiger partial charge in [-0.05, 0) is 32.2 Å². The van der Waals surface area contributed by atoms with Gasteiger partial charge in [0, 0.05) is 37.7 Å². The molecule has 0 aromatic rings. The van der Waals surface area contributed by atoms with Crippen molar-refractivity contribution in [1.29, 1.82) is 0 Å². The van der Waals surface area contributed by atoms with Gasteiger partial charge in [0.1, 0.15) is 0 Å². The lowest BCUT2D eigenvalue weighted by Crippen LogP contribution is -2.54. The molecule has 0 aliphatic carbocycles.